The molecule has 0 aliphatic heterocycles. The number of carbonyl (C=O) groups is 2. The van der Waals surface area contributed by atoms with Gasteiger partial charge >= 0.3 is 5.97 Å². The summed E-state index contributed by atoms with van der Waals surface area (Å²) in [5.74, 6) is -1.39. The summed E-state index contributed by atoms with van der Waals surface area (Å²) in [6.45, 7) is -0.109. The van der Waals surface area contributed by atoms with Crippen LogP contribution >= 0.6 is 0 Å². The molecule has 0 unspecified atom stereocenters. The maximum Gasteiger partial charge on any atom is 0.337 e. The van der Waals surface area contributed by atoms with Gasteiger partial charge in [-0.05, 0) is 24.3 Å². The van der Waals surface area contributed by atoms with Gasteiger partial charge in [-0.15, -0.1) is 0 Å². The first-order chi connectivity index (χ1) is 10.5. The van der Waals surface area contributed by atoms with Crippen molar-refractivity contribution in [2.24, 2.45) is 0 Å². The fourth-order valence-electron chi connectivity index (χ4n) is 1.87. The summed E-state index contributed by atoms with van der Waals surface area (Å²) >= 11 is 0. The van der Waals surface area contributed by atoms with Gasteiger partial charge in [0.15, 0.2) is 5.78 Å². The number of Topliss-reactive ketones (excluding diaryl/α,β-unsaturated/α-hetero) is 1. The third-order valence-corrected chi connectivity index (χ3v) is 3.00. The van der Waals surface area contributed by atoms with Crippen LogP contribution < -0.4 is 5.32 Å². The van der Waals surface area contributed by atoms with E-state index in [-0.39, 0.29) is 23.6 Å². The lowest BCUT2D eigenvalue weighted by molar-refractivity contribution is -0.384. The van der Waals surface area contributed by atoms with Crippen LogP contribution in [0.25, 0.3) is 0 Å². The van der Waals surface area contributed by atoms with Crippen molar-refractivity contribution in [2.45, 2.75) is 0 Å². The fourth-order valence-corrected chi connectivity index (χ4v) is 1.87. The first-order valence-electron chi connectivity index (χ1n) is 6.33. The smallest absolute Gasteiger partial charge is 0.337 e. The summed E-state index contributed by atoms with van der Waals surface area (Å²) in [5.41, 5.74) is 0.621. The Labute approximate surface area is 125 Å². The number of hydrogen-bond donors (Lipinski definition) is 2. The fraction of sp³-hybridized carbons (Fsp3) is 0.0667. The molecule has 0 saturated carbocycles. The van der Waals surface area contributed by atoms with Gasteiger partial charge < -0.3 is 10.4 Å². The molecule has 2 aromatic rings. The first-order valence-corrected chi connectivity index (χ1v) is 6.33. The van der Waals surface area contributed by atoms with Crippen molar-refractivity contribution in [3.05, 3.63) is 69.8 Å². The zero-order valence-electron chi connectivity index (χ0n) is 11.4. The van der Waals surface area contributed by atoms with Crippen molar-refractivity contribution in [1.29, 1.82) is 0 Å². The molecule has 0 aromatic heterocycles. The Bertz CT molecular complexity index is 725. The molecule has 7 nitrogen and oxygen atoms in total. The van der Waals surface area contributed by atoms with Gasteiger partial charge in [0.05, 0.1) is 17.0 Å². The average Bonchev–Trinajstić information content (AvgIpc) is 2.52. The zero-order chi connectivity index (χ0) is 16.1. The van der Waals surface area contributed by atoms with E-state index in [1.54, 1.807) is 18.2 Å². The number of anilines is 1. The topological polar surface area (TPSA) is 110 Å². The van der Waals surface area contributed by atoms with E-state index in [4.69, 9.17) is 5.11 Å². The highest BCUT2D eigenvalue weighted by atomic mass is 16.6. The lowest BCUT2D eigenvalue weighted by Crippen LogP contribution is -2.16. The van der Waals surface area contributed by atoms with Crippen LogP contribution in [-0.4, -0.2) is 28.3 Å². The number of nitrogens with zero attached hydrogens (tertiary/aromatic N) is 1. The van der Waals surface area contributed by atoms with Crippen LogP contribution in [0.1, 0.15) is 20.7 Å². The van der Waals surface area contributed by atoms with Crippen LogP contribution in [0, 0.1) is 10.1 Å². The Hall–Kier alpha value is -3.22. The third kappa shape index (κ3) is 3.45. The molecule has 0 amide bonds. The predicted molar refractivity (Wildman–Crippen MR) is 79.3 cm³/mol. The predicted octanol–water partition coefficient (Wildman–Crippen LogP) is 2.59. The maximum atomic E-state index is 12.0. The van der Waals surface area contributed by atoms with Gasteiger partial charge in [-0.1, -0.05) is 12.1 Å². The second-order valence-electron chi connectivity index (χ2n) is 4.43. The number of carboxylic acids is 1. The van der Waals surface area contributed by atoms with Gasteiger partial charge in [0.25, 0.3) is 5.69 Å². The Morgan fingerprint density at radius 2 is 1.73 bits per heavy atom. The van der Waals surface area contributed by atoms with E-state index >= 15 is 0 Å². The normalized spacial score (nSPS) is 10.0. The molecule has 0 aliphatic carbocycles. The molecular weight excluding hydrogens is 288 g/mol. The number of para-hydroxylation sites is 1. The number of nitro groups is 1. The van der Waals surface area contributed by atoms with Crippen molar-refractivity contribution in [3.63, 3.8) is 0 Å². The number of benzene rings is 2. The lowest BCUT2D eigenvalue weighted by atomic mass is 10.1. The third-order valence-electron chi connectivity index (χ3n) is 3.00. The second kappa shape index (κ2) is 6.49. The highest BCUT2D eigenvalue weighted by Crippen LogP contribution is 2.16. The molecule has 0 saturated heterocycles. The van der Waals surface area contributed by atoms with Gasteiger partial charge in [0.2, 0.25) is 0 Å². The summed E-state index contributed by atoms with van der Waals surface area (Å²) in [6, 6.07) is 11.5. The Kier molecular flexibility index (Phi) is 4.47. The van der Waals surface area contributed by atoms with Crippen LogP contribution in [0.5, 0.6) is 0 Å². The summed E-state index contributed by atoms with van der Waals surface area (Å²) in [4.78, 5) is 33.1. The molecule has 0 fully saturated rings. The number of nitrogens with one attached hydrogen (secondary N) is 1. The Morgan fingerprint density at radius 3 is 2.32 bits per heavy atom. The van der Waals surface area contributed by atoms with Crippen molar-refractivity contribution < 1.29 is 19.6 Å². The van der Waals surface area contributed by atoms with Crippen LogP contribution in [-0.2, 0) is 0 Å². The second-order valence-corrected chi connectivity index (χ2v) is 4.43. The SMILES string of the molecule is O=C(CNc1ccccc1C(=O)O)c1ccc([N+](=O)[O-])cc1. The highest BCUT2D eigenvalue weighted by Gasteiger charge is 2.12. The van der Waals surface area contributed by atoms with E-state index in [9.17, 15) is 19.7 Å². The monoisotopic (exact) mass is 300 g/mol. The molecule has 0 heterocycles. The molecule has 22 heavy (non-hydrogen) atoms. The number of carboxylic acid groups (broad SMARTS) is 1. The molecule has 112 valence electrons. The molecule has 0 atom stereocenters. The number of rotatable bonds is 6. The van der Waals surface area contributed by atoms with Gasteiger partial charge in [0, 0.05) is 23.4 Å². The van der Waals surface area contributed by atoms with E-state index in [1.165, 1.54) is 30.3 Å². The van der Waals surface area contributed by atoms with Crippen molar-refractivity contribution >= 4 is 23.1 Å². The van der Waals surface area contributed by atoms with E-state index in [1.807, 2.05) is 0 Å². The zero-order valence-corrected chi connectivity index (χ0v) is 11.4. The summed E-state index contributed by atoms with van der Waals surface area (Å²) in [6.07, 6.45) is 0. The first kappa shape index (κ1) is 15.2. The minimum absolute atomic E-state index is 0.0685. The molecule has 0 bridgehead atoms. The van der Waals surface area contributed by atoms with Crippen molar-refractivity contribution in [1.82, 2.24) is 0 Å². The number of aromatic carboxylic acids is 1. The lowest BCUT2D eigenvalue weighted by Gasteiger charge is -2.08. The molecule has 0 spiro atoms. The van der Waals surface area contributed by atoms with E-state index in [0.717, 1.165) is 0 Å². The van der Waals surface area contributed by atoms with Gasteiger partial charge in [-0.2, -0.15) is 0 Å². The van der Waals surface area contributed by atoms with Gasteiger partial charge in [-0.25, -0.2) is 4.79 Å². The van der Waals surface area contributed by atoms with Crippen LogP contribution in [0.15, 0.2) is 48.5 Å². The highest BCUT2D eigenvalue weighted by molar-refractivity contribution is 6.00. The van der Waals surface area contributed by atoms with Gasteiger partial charge in [-0.3, -0.25) is 14.9 Å². The molecule has 2 rings (SSSR count). The van der Waals surface area contributed by atoms with E-state index in [0.29, 0.717) is 11.3 Å². The maximum absolute atomic E-state index is 12.0. The van der Waals surface area contributed by atoms with Gasteiger partial charge in [0.1, 0.15) is 0 Å². The van der Waals surface area contributed by atoms with Crippen LogP contribution in [0.2, 0.25) is 0 Å². The molecule has 0 radical (unpaired) electrons. The quantitative estimate of drug-likeness (QED) is 0.482. The average molecular weight is 300 g/mol. The van der Waals surface area contributed by atoms with E-state index < -0.39 is 10.9 Å². The number of nitro benzene ring substituents is 1. The minimum Gasteiger partial charge on any atom is -0.478 e. The molecule has 0 aliphatic rings. The largest absolute Gasteiger partial charge is 0.478 e. The molecule has 2 aromatic carbocycles. The van der Waals surface area contributed by atoms with Crippen molar-refractivity contribution in [3.8, 4) is 0 Å². The molecular formula is C15H12N2O5. The van der Waals surface area contributed by atoms with Crippen LogP contribution in [0.4, 0.5) is 11.4 Å². The Morgan fingerprint density at radius 1 is 1.09 bits per heavy atom. The molecule has 7 heteroatoms. The standard InChI is InChI=1S/C15H12N2O5/c18-14(10-5-7-11(8-6-10)17(21)22)9-16-13-4-2-1-3-12(13)15(19)20/h1-8,16H,9H2,(H,19,20). The van der Waals surface area contributed by atoms with Crippen LogP contribution in [0.3, 0.4) is 0 Å². The van der Waals surface area contributed by atoms with E-state index in [2.05, 4.69) is 5.32 Å². The summed E-state index contributed by atoms with van der Waals surface area (Å²) in [7, 11) is 0. The minimum atomic E-state index is -1.09. The number of carbonyl (C=O) groups excluding carboxylic acids is 1. The summed E-state index contributed by atoms with van der Waals surface area (Å²) < 4.78 is 0. The van der Waals surface area contributed by atoms with Crippen molar-refractivity contribution in [2.75, 3.05) is 11.9 Å². The number of non-ortho nitro benzene ring substituents is 1. The molecule has 2 N–H and O–H groups in total. The summed E-state index contributed by atoms with van der Waals surface area (Å²) in [5, 5.41) is 22.4. The Balaban J connectivity index is 2.07. The number of ketones is 1. The number of hydrogen-bond acceptors (Lipinski definition) is 5.